The number of nitrogens with one attached hydrogen (secondary N) is 1. The molecule has 1 aromatic rings. The fourth-order valence-electron chi connectivity index (χ4n) is 2.11. The number of sulfonamides is 1. The molecule has 0 radical (unpaired) electrons. The predicted molar refractivity (Wildman–Crippen MR) is 94.9 cm³/mol. The minimum Gasteiger partial charge on any atom is -0.354 e. The molecule has 1 atom stereocenters. The van der Waals surface area contributed by atoms with Gasteiger partial charge in [-0.15, -0.1) is 12.4 Å². The fraction of sp³-hybridized carbons (Fsp3) is 0.533. The van der Waals surface area contributed by atoms with Crippen molar-refractivity contribution < 1.29 is 13.2 Å². The number of nitrogens with two attached hydrogens (primary N) is 1. The molecule has 3 N–H and O–H groups in total. The first kappa shape index (κ1) is 21.9. The number of hydrogen-bond donors (Lipinski definition) is 2. The van der Waals surface area contributed by atoms with E-state index in [0.29, 0.717) is 26.1 Å². The van der Waals surface area contributed by atoms with Crippen LogP contribution in [0.3, 0.4) is 0 Å². The molecule has 6 nitrogen and oxygen atoms in total. The molecule has 0 aliphatic heterocycles. The zero-order valence-electron chi connectivity index (χ0n) is 13.8. The van der Waals surface area contributed by atoms with E-state index in [1.807, 2.05) is 30.3 Å². The second kappa shape index (κ2) is 9.22. The molecule has 0 saturated heterocycles. The van der Waals surface area contributed by atoms with Crippen LogP contribution in [0.5, 0.6) is 0 Å². The van der Waals surface area contributed by atoms with Crippen LogP contribution in [0.2, 0.25) is 0 Å². The highest BCUT2D eigenvalue weighted by Gasteiger charge is 2.29. The summed E-state index contributed by atoms with van der Waals surface area (Å²) in [6, 6.07) is 9.14. The number of carbonyl (C=O) groups is 1. The van der Waals surface area contributed by atoms with Crippen molar-refractivity contribution in [2.45, 2.75) is 25.8 Å². The summed E-state index contributed by atoms with van der Waals surface area (Å²) < 4.78 is 24.3. The lowest BCUT2D eigenvalue weighted by Gasteiger charge is -2.24. The van der Waals surface area contributed by atoms with Gasteiger partial charge in [-0.1, -0.05) is 37.3 Å². The number of rotatable bonds is 8. The molecule has 0 fully saturated rings. The maximum absolute atomic E-state index is 12.2. The number of amides is 1. The maximum Gasteiger partial charge on any atom is 0.244 e. The van der Waals surface area contributed by atoms with Gasteiger partial charge in [-0.2, -0.15) is 0 Å². The molecule has 1 aromatic carbocycles. The van der Waals surface area contributed by atoms with E-state index in [9.17, 15) is 13.2 Å². The van der Waals surface area contributed by atoms with Gasteiger partial charge in [-0.05, 0) is 18.9 Å². The minimum absolute atomic E-state index is 0. The van der Waals surface area contributed by atoms with Gasteiger partial charge in [-0.25, -0.2) is 12.7 Å². The fourth-order valence-corrected chi connectivity index (χ4v) is 3.04. The van der Waals surface area contributed by atoms with Crippen LogP contribution in [0.4, 0.5) is 0 Å². The molecule has 1 amide bonds. The summed E-state index contributed by atoms with van der Waals surface area (Å²) in [5, 5.41) is 2.77. The molecule has 23 heavy (non-hydrogen) atoms. The van der Waals surface area contributed by atoms with Gasteiger partial charge in [0.2, 0.25) is 15.9 Å². The van der Waals surface area contributed by atoms with Crippen LogP contribution in [0.15, 0.2) is 30.3 Å². The monoisotopic (exact) mass is 363 g/mol. The van der Waals surface area contributed by atoms with Gasteiger partial charge < -0.3 is 11.1 Å². The zero-order valence-corrected chi connectivity index (χ0v) is 15.4. The predicted octanol–water partition coefficient (Wildman–Crippen LogP) is 1.07. The lowest BCUT2D eigenvalue weighted by Crippen LogP contribution is -2.49. The highest BCUT2D eigenvalue weighted by Crippen LogP contribution is 2.17. The molecule has 1 unspecified atom stereocenters. The number of carbonyl (C=O) groups excluding carboxylic acids is 1. The summed E-state index contributed by atoms with van der Waals surface area (Å²) in [4.78, 5) is 12.2. The van der Waals surface area contributed by atoms with Crippen LogP contribution in [-0.4, -0.2) is 44.5 Å². The molecular formula is C15H26ClN3O3S. The van der Waals surface area contributed by atoms with Gasteiger partial charge in [-0.3, -0.25) is 4.79 Å². The van der Waals surface area contributed by atoms with Gasteiger partial charge in [0.25, 0.3) is 0 Å². The Hall–Kier alpha value is -1.15. The molecule has 8 heteroatoms. The minimum atomic E-state index is -3.19. The summed E-state index contributed by atoms with van der Waals surface area (Å²) >= 11 is 0. The molecule has 0 aliphatic carbocycles. The lowest BCUT2D eigenvalue weighted by atomic mass is 9.92. The van der Waals surface area contributed by atoms with E-state index in [1.54, 1.807) is 13.8 Å². The quantitative estimate of drug-likeness (QED) is 0.676. The van der Waals surface area contributed by atoms with Crippen molar-refractivity contribution in [1.29, 1.82) is 0 Å². The number of nitrogens with zero attached hydrogens (tertiary/aromatic N) is 1. The average molecular weight is 364 g/mol. The first-order chi connectivity index (χ1) is 10.2. The highest BCUT2D eigenvalue weighted by molar-refractivity contribution is 7.88. The molecule has 0 aromatic heterocycles. The third-order valence-corrected chi connectivity index (χ3v) is 4.92. The van der Waals surface area contributed by atoms with Gasteiger partial charge in [0.15, 0.2) is 0 Å². The second-order valence-electron chi connectivity index (χ2n) is 5.43. The molecule has 0 aliphatic rings. The van der Waals surface area contributed by atoms with Gasteiger partial charge >= 0.3 is 0 Å². The van der Waals surface area contributed by atoms with Crippen molar-refractivity contribution >= 4 is 28.3 Å². The summed E-state index contributed by atoms with van der Waals surface area (Å²) in [7, 11) is -3.19. The Morgan fingerprint density at radius 1 is 1.30 bits per heavy atom. The number of hydrogen-bond acceptors (Lipinski definition) is 4. The normalized spacial score (nSPS) is 14.0. The van der Waals surface area contributed by atoms with Crippen LogP contribution >= 0.6 is 12.4 Å². The van der Waals surface area contributed by atoms with Gasteiger partial charge in [0.05, 0.1) is 6.26 Å². The van der Waals surface area contributed by atoms with Crippen LogP contribution in [0.25, 0.3) is 0 Å². The first-order valence-electron chi connectivity index (χ1n) is 7.27. The smallest absolute Gasteiger partial charge is 0.244 e. The number of halogens is 1. The molecule has 132 valence electrons. The van der Waals surface area contributed by atoms with Crippen molar-refractivity contribution in [2.24, 2.45) is 5.73 Å². The Labute approximate surface area is 144 Å². The molecule has 1 rings (SSSR count). The van der Waals surface area contributed by atoms with Crippen LogP contribution in [-0.2, 0) is 20.4 Å². The van der Waals surface area contributed by atoms with E-state index in [4.69, 9.17) is 5.73 Å². The third-order valence-electron chi connectivity index (χ3n) is 3.54. The molecular weight excluding hydrogens is 338 g/mol. The SMILES string of the molecule is CCN(CCCNC(=O)C(C)(N)c1ccccc1)S(C)(=O)=O.Cl. The zero-order chi connectivity index (χ0) is 16.8. The molecule has 0 spiro atoms. The van der Waals surface area contributed by atoms with E-state index in [-0.39, 0.29) is 18.3 Å². The Balaban J connectivity index is 0.00000484. The Bertz CT molecular complexity index is 591. The van der Waals surface area contributed by atoms with E-state index in [1.165, 1.54) is 10.6 Å². The average Bonchev–Trinajstić information content (AvgIpc) is 2.46. The second-order valence-corrected chi connectivity index (χ2v) is 7.41. The van der Waals surface area contributed by atoms with Crippen LogP contribution in [0, 0.1) is 0 Å². The first-order valence-corrected chi connectivity index (χ1v) is 9.12. The van der Waals surface area contributed by atoms with Crippen molar-refractivity contribution in [1.82, 2.24) is 9.62 Å². The Morgan fingerprint density at radius 3 is 2.35 bits per heavy atom. The topological polar surface area (TPSA) is 92.5 Å². The Kier molecular flexibility index (Phi) is 8.76. The van der Waals surface area contributed by atoms with E-state index >= 15 is 0 Å². The van der Waals surface area contributed by atoms with Crippen LogP contribution in [0.1, 0.15) is 25.8 Å². The summed E-state index contributed by atoms with van der Waals surface area (Å²) in [6.45, 7) is 4.62. The third kappa shape index (κ3) is 6.47. The van der Waals surface area contributed by atoms with E-state index in [0.717, 1.165) is 5.56 Å². The molecule has 0 saturated carbocycles. The van der Waals surface area contributed by atoms with Crippen molar-refractivity contribution in [2.75, 3.05) is 25.9 Å². The largest absolute Gasteiger partial charge is 0.354 e. The standard InChI is InChI=1S/C15H25N3O3S.ClH/c1-4-18(22(3,20)21)12-8-11-17-14(19)15(2,16)13-9-6-5-7-10-13;/h5-7,9-10H,4,8,11-12,16H2,1-3H3,(H,17,19);1H. The van der Waals surface area contributed by atoms with Crippen molar-refractivity contribution in [3.8, 4) is 0 Å². The molecule has 0 bridgehead atoms. The molecule has 0 heterocycles. The number of benzene rings is 1. The summed E-state index contributed by atoms with van der Waals surface area (Å²) in [6.07, 6.45) is 1.72. The lowest BCUT2D eigenvalue weighted by molar-refractivity contribution is -0.126. The summed E-state index contributed by atoms with van der Waals surface area (Å²) in [5.41, 5.74) is 5.73. The van der Waals surface area contributed by atoms with Crippen molar-refractivity contribution in [3.63, 3.8) is 0 Å². The van der Waals surface area contributed by atoms with Gasteiger partial charge in [0.1, 0.15) is 5.54 Å². The van der Waals surface area contributed by atoms with Crippen LogP contribution < -0.4 is 11.1 Å². The van der Waals surface area contributed by atoms with Gasteiger partial charge in [0, 0.05) is 19.6 Å². The highest BCUT2D eigenvalue weighted by atomic mass is 35.5. The summed E-state index contributed by atoms with van der Waals surface area (Å²) in [5.74, 6) is -0.277. The van der Waals surface area contributed by atoms with E-state index < -0.39 is 15.6 Å². The van der Waals surface area contributed by atoms with E-state index in [2.05, 4.69) is 5.32 Å². The maximum atomic E-state index is 12.2. The van der Waals surface area contributed by atoms with Crippen molar-refractivity contribution in [3.05, 3.63) is 35.9 Å². The Morgan fingerprint density at radius 2 is 1.87 bits per heavy atom.